The minimum atomic E-state index is -0.720. The molecule has 1 aromatic heterocycles. The van der Waals surface area contributed by atoms with E-state index in [0.29, 0.717) is 0 Å². The Morgan fingerprint density at radius 3 is 2.38 bits per heavy atom. The number of hydrogen-bond donors (Lipinski definition) is 1. The number of aliphatic hydroxyl groups excluding tert-OH is 1. The lowest BCUT2D eigenvalue weighted by molar-refractivity contribution is 0.220. The molecule has 1 unspecified atom stereocenters. The second-order valence-corrected chi connectivity index (χ2v) is 6.02. The summed E-state index contributed by atoms with van der Waals surface area (Å²) in [7, 11) is 3.48. The van der Waals surface area contributed by atoms with Gasteiger partial charge >= 0.3 is 5.69 Å². The highest BCUT2D eigenvalue weighted by atomic mass is 79.9. The summed E-state index contributed by atoms with van der Waals surface area (Å²) >= 11 is 3.41. The van der Waals surface area contributed by atoms with E-state index in [9.17, 15) is 9.90 Å². The Balaban J connectivity index is 2.13. The number of rotatable bonds is 2. The van der Waals surface area contributed by atoms with Crippen LogP contribution in [0.15, 0.2) is 51.7 Å². The third-order valence-corrected chi connectivity index (χ3v) is 4.27. The van der Waals surface area contributed by atoms with Gasteiger partial charge in [-0.15, -0.1) is 0 Å². The number of aryl methyl sites for hydroxylation is 2. The van der Waals surface area contributed by atoms with Gasteiger partial charge in [0.2, 0.25) is 0 Å². The minimum absolute atomic E-state index is 0.0703. The first-order valence-electron chi connectivity index (χ1n) is 6.58. The van der Waals surface area contributed by atoms with Gasteiger partial charge in [0.25, 0.3) is 0 Å². The van der Waals surface area contributed by atoms with Gasteiger partial charge in [-0.25, -0.2) is 4.79 Å². The van der Waals surface area contributed by atoms with E-state index in [2.05, 4.69) is 15.9 Å². The number of aliphatic hydroxyl groups is 1. The molecule has 1 atom stereocenters. The Bertz CT molecular complexity index is 880. The lowest BCUT2D eigenvalue weighted by Crippen LogP contribution is -2.19. The van der Waals surface area contributed by atoms with E-state index < -0.39 is 6.10 Å². The Hall–Kier alpha value is -1.85. The number of fused-ring (bicyclic) bond motifs is 1. The van der Waals surface area contributed by atoms with Gasteiger partial charge in [0, 0.05) is 18.6 Å². The molecule has 1 heterocycles. The van der Waals surface area contributed by atoms with Gasteiger partial charge < -0.3 is 5.11 Å². The first kappa shape index (κ1) is 14.1. The number of hydrogen-bond acceptors (Lipinski definition) is 2. The maximum absolute atomic E-state index is 11.9. The molecule has 0 saturated heterocycles. The van der Waals surface area contributed by atoms with Crippen LogP contribution in [-0.4, -0.2) is 14.2 Å². The van der Waals surface area contributed by atoms with Crippen molar-refractivity contribution in [2.45, 2.75) is 6.10 Å². The predicted molar refractivity (Wildman–Crippen MR) is 86.4 cm³/mol. The average molecular weight is 347 g/mol. The molecule has 3 aromatic rings. The molecule has 0 spiro atoms. The third-order valence-electron chi connectivity index (χ3n) is 3.78. The van der Waals surface area contributed by atoms with Crippen molar-refractivity contribution in [3.8, 4) is 0 Å². The molecule has 0 saturated carbocycles. The van der Waals surface area contributed by atoms with Gasteiger partial charge in [0.15, 0.2) is 0 Å². The highest BCUT2D eigenvalue weighted by Crippen LogP contribution is 2.26. The van der Waals surface area contributed by atoms with E-state index in [1.807, 2.05) is 42.5 Å². The van der Waals surface area contributed by atoms with Gasteiger partial charge in [0.05, 0.1) is 11.0 Å². The van der Waals surface area contributed by atoms with Crippen molar-refractivity contribution in [2.75, 3.05) is 0 Å². The maximum Gasteiger partial charge on any atom is 0.328 e. The predicted octanol–water partition coefficient (Wildman–Crippen LogP) is 2.72. The highest BCUT2D eigenvalue weighted by molar-refractivity contribution is 9.10. The van der Waals surface area contributed by atoms with Crippen LogP contribution in [-0.2, 0) is 14.1 Å². The van der Waals surface area contributed by atoms with E-state index in [1.165, 1.54) is 0 Å². The topological polar surface area (TPSA) is 47.2 Å². The average Bonchev–Trinajstić information content (AvgIpc) is 2.71. The Morgan fingerprint density at radius 2 is 1.67 bits per heavy atom. The second kappa shape index (κ2) is 5.16. The van der Waals surface area contributed by atoms with Crippen LogP contribution < -0.4 is 5.69 Å². The van der Waals surface area contributed by atoms with Crippen molar-refractivity contribution >= 4 is 27.0 Å². The molecule has 0 amide bonds. The molecule has 0 aliphatic rings. The van der Waals surface area contributed by atoms with Crippen LogP contribution in [0.25, 0.3) is 11.0 Å². The van der Waals surface area contributed by atoms with Gasteiger partial charge in [0.1, 0.15) is 6.10 Å². The van der Waals surface area contributed by atoms with Crippen LogP contribution in [0.4, 0.5) is 0 Å². The van der Waals surface area contributed by atoms with E-state index in [4.69, 9.17) is 0 Å². The molecule has 0 radical (unpaired) electrons. The minimum Gasteiger partial charge on any atom is -0.384 e. The molecule has 0 bridgehead atoms. The molecular formula is C16H15BrN2O2. The maximum atomic E-state index is 11.9. The summed E-state index contributed by atoms with van der Waals surface area (Å²) in [5.41, 5.74) is 3.17. The van der Waals surface area contributed by atoms with Gasteiger partial charge in [-0.1, -0.05) is 34.1 Å². The molecule has 2 aromatic carbocycles. The second-order valence-electron chi connectivity index (χ2n) is 5.11. The smallest absolute Gasteiger partial charge is 0.328 e. The van der Waals surface area contributed by atoms with Gasteiger partial charge in [-0.3, -0.25) is 9.13 Å². The summed E-state index contributed by atoms with van der Waals surface area (Å²) in [5, 5.41) is 10.5. The van der Waals surface area contributed by atoms with Crippen LogP contribution in [0, 0.1) is 0 Å². The van der Waals surface area contributed by atoms with Gasteiger partial charge in [-0.05, 0) is 35.4 Å². The van der Waals surface area contributed by atoms with Crippen molar-refractivity contribution in [1.29, 1.82) is 0 Å². The Morgan fingerprint density at radius 1 is 1.00 bits per heavy atom. The summed E-state index contributed by atoms with van der Waals surface area (Å²) in [6.07, 6.45) is -0.720. The van der Waals surface area contributed by atoms with Crippen LogP contribution in [0.2, 0.25) is 0 Å². The summed E-state index contributed by atoms with van der Waals surface area (Å²) in [6.45, 7) is 0. The van der Waals surface area contributed by atoms with Gasteiger partial charge in [-0.2, -0.15) is 0 Å². The quantitative estimate of drug-likeness (QED) is 0.775. The standard InChI is InChI=1S/C16H15BrN2O2/c1-18-13-7-6-11(9-14(13)19(2)16(18)21)15(20)10-4-3-5-12(17)8-10/h3-9,15,20H,1-2H3. The fourth-order valence-corrected chi connectivity index (χ4v) is 2.98. The highest BCUT2D eigenvalue weighted by Gasteiger charge is 2.14. The number of aromatic nitrogens is 2. The van der Waals surface area contributed by atoms with Crippen molar-refractivity contribution in [3.05, 3.63) is 68.5 Å². The lowest BCUT2D eigenvalue weighted by Gasteiger charge is -2.12. The van der Waals surface area contributed by atoms with E-state index in [0.717, 1.165) is 26.6 Å². The first-order valence-corrected chi connectivity index (χ1v) is 7.37. The van der Waals surface area contributed by atoms with Crippen molar-refractivity contribution in [3.63, 3.8) is 0 Å². The molecule has 0 fully saturated rings. The van der Waals surface area contributed by atoms with Crippen LogP contribution in [0.5, 0.6) is 0 Å². The summed E-state index contributed by atoms with van der Waals surface area (Å²) < 4.78 is 4.11. The zero-order chi connectivity index (χ0) is 15.1. The zero-order valence-corrected chi connectivity index (χ0v) is 13.3. The molecule has 3 rings (SSSR count). The fraction of sp³-hybridized carbons (Fsp3) is 0.188. The van der Waals surface area contributed by atoms with Crippen LogP contribution in [0.3, 0.4) is 0 Å². The molecule has 1 N–H and O–H groups in total. The van der Waals surface area contributed by atoms with E-state index in [1.54, 1.807) is 23.2 Å². The molecule has 5 heteroatoms. The molecule has 0 aliphatic carbocycles. The van der Waals surface area contributed by atoms with Crippen LogP contribution in [0.1, 0.15) is 17.2 Å². The molecule has 108 valence electrons. The third kappa shape index (κ3) is 2.32. The number of benzene rings is 2. The molecular weight excluding hydrogens is 332 g/mol. The zero-order valence-electron chi connectivity index (χ0n) is 11.7. The monoisotopic (exact) mass is 346 g/mol. The Kier molecular flexibility index (Phi) is 3.47. The normalized spacial score (nSPS) is 12.8. The SMILES string of the molecule is Cn1c(=O)n(C)c2cc(C(O)c3cccc(Br)c3)ccc21. The summed E-state index contributed by atoms with van der Waals surface area (Å²) in [5.74, 6) is 0. The number of imidazole rings is 1. The molecule has 4 nitrogen and oxygen atoms in total. The van der Waals surface area contributed by atoms with E-state index >= 15 is 0 Å². The molecule has 21 heavy (non-hydrogen) atoms. The van der Waals surface area contributed by atoms with Crippen molar-refractivity contribution in [2.24, 2.45) is 14.1 Å². The van der Waals surface area contributed by atoms with Crippen molar-refractivity contribution < 1.29 is 5.11 Å². The fourth-order valence-electron chi connectivity index (χ4n) is 2.56. The molecule has 0 aliphatic heterocycles. The van der Waals surface area contributed by atoms with Crippen molar-refractivity contribution in [1.82, 2.24) is 9.13 Å². The number of halogens is 1. The Labute approximate surface area is 130 Å². The largest absolute Gasteiger partial charge is 0.384 e. The first-order chi connectivity index (χ1) is 9.99. The van der Waals surface area contributed by atoms with Crippen LogP contribution >= 0.6 is 15.9 Å². The van der Waals surface area contributed by atoms with E-state index in [-0.39, 0.29) is 5.69 Å². The number of nitrogens with zero attached hydrogens (tertiary/aromatic N) is 2. The summed E-state index contributed by atoms with van der Waals surface area (Å²) in [6, 6.07) is 13.2. The lowest BCUT2D eigenvalue weighted by atomic mass is 10.0. The summed E-state index contributed by atoms with van der Waals surface area (Å²) in [4.78, 5) is 11.9.